The van der Waals surface area contributed by atoms with Crippen LogP contribution in [0.1, 0.15) is 42.6 Å². The quantitative estimate of drug-likeness (QED) is 0.208. The fourth-order valence-electron chi connectivity index (χ4n) is 2.80. The van der Waals surface area contributed by atoms with Crippen molar-refractivity contribution in [2.24, 2.45) is 10.7 Å². The molecule has 0 bridgehead atoms. The lowest BCUT2D eigenvalue weighted by Gasteiger charge is -2.26. The maximum atomic E-state index is 12.2. The van der Waals surface area contributed by atoms with Gasteiger partial charge in [0.15, 0.2) is 5.96 Å². The SMILES string of the molecule is CCC(C)NC(=O)c1cccc(CN=C(N)NCCCN2CCOCC2)c1.I. The van der Waals surface area contributed by atoms with E-state index in [9.17, 15) is 4.79 Å². The molecule has 0 radical (unpaired) electrons. The Kier molecular flexibility index (Phi) is 12.1. The predicted octanol–water partition coefficient (Wildman–Crippen LogP) is 1.96. The molecule has 1 saturated heterocycles. The summed E-state index contributed by atoms with van der Waals surface area (Å²) in [5, 5.41) is 6.13. The van der Waals surface area contributed by atoms with E-state index in [0.29, 0.717) is 18.1 Å². The van der Waals surface area contributed by atoms with Crippen molar-refractivity contribution in [3.05, 3.63) is 35.4 Å². The number of hydrogen-bond acceptors (Lipinski definition) is 4. The average molecular weight is 503 g/mol. The highest BCUT2D eigenvalue weighted by Gasteiger charge is 2.10. The Balaban J connectivity index is 0.00000392. The first-order valence-corrected chi connectivity index (χ1v) is 9.82. The van der Waals surface area contributed by atoms with Crippen LogP contribution in [-0.2, 0) is 11.3 Å². The molecular weight excluding hydrogens is 469 g/mol. The van der Waals surface area contributed by atoms with E-state index in [0.717, 1.165) is 57.8 Å². The number of carbonyl (C=O) groups is 1. The van der Waals surface area contributed by atoms with Crippen LogP contribution in [0.15, 0.2) is 29.3 Å². The Labute approximate surface area is 185 Å². The summed E-state index contributed by atoms with van der Waals surface area (Å²) in [6.07, 6.45) is 1.92. The van der Waals surface area contributed by atoms with E-state index in [4.69, 9.17) is 10.5 Å². The number of morpholine rings is 1. The molecule has 1 aliphatic heterocycles. The predicted molar refractivity (Wildman–Crippen MR) is 124 cm³/mol. The molecule has 1 aromatic carbocycles. The van der Waals surface area contributed by atoms with Crippen LogP contribution in [-0.4, -0.2) is 62.2 Å². The van der Waals surface area contributed by atoms with E-state index in [1.54, 1.807) is 0 Å². The van der Waals surface area contributed by atoms with Gasteiger partial charge in [-0.25, -0.2) is 4.99 Å². The van der Waals surface area contributed by atoms with Crippen molar-refractivity contribution in [2.75, 3.05) is 39.4 Å². The van der Waals surface area contributed by atoms with Crippen LogP contribution in [0.3, 0.4) is 0 Å². The second kappa shape index (κ2) is 13.7. The van der Waals surface area contributed by atoms with E-state index < -0.39 is 0 Å². The van der Waals surface area contributed by atoms with Crippen molar-refractivity contribution in [2.45, 2.75) is 39.3 Å². The first-order chi connectivity index (χ1) is 13.1. The fraction of sp³-hybridized carbons (Fsp3) is 0.600. The van der Waals surface area contributed by atoms with Crippen LogP contribution in [0.2, 0.25) is 0 Å². The lowest BCUT2D eigenvalue weighted by Crippen LogP contribution is -2.39. The monoisotopic (exact) mass is 503 g/mol. The topological polar surface area (TPSA) is 92.0 Å². The number of guanidine groups is 1. The summed E-state index contributed by atoms with van der Waals surface area (Å²) in [5.74, 6) is 0.385. The molecule has 158 valence electrons. The van der Waals surface area contributed by atoms with Gasteiger partial charge in [-0.2, -0.15) is 0 Å². The third-order valence-corrected chi connectivity index (χ3v) is 4.67. The third kappa shape index (κ3) is 9.20. The molecular formula is C20H34IN5O2. The number of amides is 1. The highest BCUT2D eigenvalue weighted by atomic mass is 127. The smallest absolute Gasteiger partial charge is 0.251 e. The highest BCUT2D eigenvalue weighted by molar-refractivity contribution is 14.0. The van der Waals surface area contributed by atoms with Crippen molar-refractivity contribution < 1.29 is 9.53 Å². The normalized spacial score (nSPS) is 16.1. The maximum absolute atomic E-state index is 12.2. The van der Waals surface area contributed by atoms with E-state index in [-0.39, 0.29) is 35.9 Å². The first-order valence-electron chi connectivity index (χ1n) is 9.82. The van der Waals surface area contributed by atoms with Crippen molar-refractivity contribution in [3.63, 3.8) is 0 Å². The van der Waals surface area contributed by atoms with E-state index in [1.807, 2.05) is 38.1 Å². The molecule has 2 rings (SSSR count). The minimum atomic E-state index is -0.0515. The number of ether oxygens (including phenoxy) is 1. The van der Waals surface area contributed by atoms with Crippen LogP contribution in [0, 0.1) is 0 Å². The number of nitrogens with zero attached hydrogens (tertiary/aromatic N) is 2. The zero-order chi connectivity index (χ0) is 19.5. The van der Waals surface area contributed by atoms with Gasteiger partial charge in [-0.15, -0.1) is 24.0 Å². The van der Waals surface area contributed by atoms with Crippen LogP contribution in [0.25, 0.3) is 0 Å². The van der Waals surface area contributed by atoms with Gasteiger partial charge in [0.25, 0.3) is 5.91 Å². The second-order valence-electron chi connectivity index (χ2n) is 6.92. The van der Waals surface area contributed by atoms with Gasteiger partial charge in [-0.3, -0.25) is 9.69 Å². The van der Waals surface area contributed by atoms with Gasteiger partial charge in [-0.1, -0.05) is 19.1 Å². The van der Waals surface area contributed by atoms with E-state index >= 15 is 0 Å². The summed E-state index contributed by atoms with van der Waals surface area (Å²) in [7, 11) is 0. The summed E-state index contributed by atoms with van der Waals surface area (Å²) in [4.78, 5) is 19.0. The number of halogens is 1. The molecule has 1 unspecified atom stereocenters. The zero-order valence-corrected chi connectivity index (χ0v) is 19.3. The van der Waals surface area contributed by atoms with Gasteiger partial charge in [0.1, 0.15) is 0 Å². The standard InChI is InChI=1S/C20H33N5O2.HI/c1-3-16(2)24-19(26)18-7-4-6-17(14-18)15-23-20(21)22-8-5-9-25-10-12-27-13-11-25;/h4,6-7,14,16H,3,5,8-13,15H2,1-2H3,(H,24,26)(H3,21,22,23);1H. The molecule has 0 aromatic heterocycles. The maximum Gasteiger partial charge on any atom is 0.251 e. The van der Waals surface area contributed by atoms with Crippen LogP contribution < -0.4 is 16.4 Å². The Bertz CT molecular complexity index is 620. The summed E-state index contributed by atoms with van der Waals surface area (Å²) in [5.41, 5.74) is 7.56. The molecule has 28 heavy (non-hydrogen) atoms. The van der Waals surface area contributed by atoms with Crippen molar-refractivity contribution in [1.82, 2.24) is 15.5 Å². The fourth-order valence-corrected chi connectivity index (χ4v) is 2.80. The lowest BCUT2D eigenvalue weighted by atomic mass is 10.1. The number of rotatable bonds is 9. The minimum absolute atomic E-state index is 0. The number of benzene rings is 1. The van der Waals surface area contributed by atoms with Gasteiger partial charge >= 0.3 is 0 Å². The van der Waals surface area contributed by atoms with Gasteiger partial charge in [-0.05, 0) is 44.0 Å². The average Bonchev–Trinajstić information content (AvgIpc) is 2.70. The molecule has 1 aliphatic rings. The van der Waals surface area contributed by atoms with Crippen LogP contribution >= 0.6 is 24.0 Å². The van der Waals surface area contributed by atoms with Gasteiger partial charge in [0.05, 0.1) is 19.8 Å². The summed E-state index contributed by atoms with van der Waals surface area (Å²) < 4.78 is 5.34. The largest absolute Gasteiger partial charge is 0.379 e. The molecule has 1 amide bonds. The molecule has 0 spiro atoms. The van der Waals surface area contributed by atoms with Gasteiger partial charge < -0.3 is 21.1 Å². The number of nitrogens with two attached hydrogens (primary N) is 1. The summed E-state index contributed by atoms with van der Waals surface area (Å²) >= 11 is 0. The highest BCUT2D eigenvalue weighted by Crippen LogP contribution is 2.07. The molecule has 8 heteroatoms. The Morgan fingerprint density at radius 1 is 1.36 bits per heavy atom. The van der Waals surface area contributed by atoms with E-state index in [2.05, 4.69) is 20.5 Å². The second-order valence-corrected chi connectivity index (χ2v) is 6.92. The summed E-state index contributed by atoms with van der Waals surface area (Å²) in [6, 6.07) is 7.68. The Morgan fingerprint density at radius 3 is 2.82 bits per heavy atom. The van der Waals surface area contributed by atoms with Gasteiger partial charge in [0, 0.05) is 31.2 Å². The minimum Gasteiger partial charge on any atom is -0.379 e. The summed E-state index contributed by atoms with van der Waals surface area (Å²) in [6.45, 7) is 9.99. The van der Waals surface area contributed by atoms with Crippen LogP contribution in [0.5, 0.6) is 0 Å². The first kappa shape index (κ1) is 24.6. The number of nitrogens with one attached hydrogen (secondary N) is 2. The Morgan fingerprint density at radius 2 is 2.11 bits per heavy atom. The molecule has 1 heterocycles. The molecule has 1 aromatic rings. The lowest BCUT2D eigenvalue weighted by molar-refractivity contribution is 0.0376. The number of carbonyl (C=O) groups excluding carboxylic acids is 1. The zero-order valence-electron chi connectivity index (χ0n) is 16.9. The Hall–Kier alpha value is -1.39. The third-order valence-electron chi connectivity index (χ3n) is 4.67. The molecule has 4 N–H and O–H groups in total. The molecule has 7 nitrogen and oxygen atoms in total. The van der Waals surface area contributed by atoms with Crippen LogP contribution in [0.4, 0.5) is 0 Å². The molecule has 1 fully saturated rings. The molecule has 1 atom stereocenters. The van der Waals surface area contributed by atoms with Crippen molar-refractivity contribution >= 4 is 35.8 Å². The van der Waals surface area contributed by atoms with Crippen molar-refractivity contribution in [1.29, 1.82) is 0 Å². The molecule has 0 aliphatic carbocycles. The van der Waals surface area contributed by atoms with E-state index in [1.165, 1.54) is 0 Å². The number of hydrogen-bond donors (Lipinski definition) is 3. The van der Waals surface area contributed by atoms with Crippen molar-refractivity contribution in [3.8, 4) is 0 Å². The van der Waals surface area contributed by atoms with Gasteiger partial charge in [0.2, 0.25) is 0 Å². The molecule has 0 saturated carbocycles. The number of aliphatic imine (C=N–C) groups is 1.